The Labute approximate surface area is 123 Å². The molecule has 3 N–H and O–H groups in total. The predicted molar refractivity (Wildman–Crippen MR) is 81.4 cm³/mol. The summed E-state index contributed by atoms with van der Waals surface area (Å²) in [6, 6.07) is 13.7. The van der Waals surface area contributed by atoms with Gasteiger partial charge < -0.3 is 0 Å². The van der Waals surface area contributed by atoms with Crippen LogP contribution in [-0.2, 0) is 6.42 Å². The van der Waals surface area contributed by atoms with Crippen LogP contribution in [0, 0.1) is 6.92 Å². The lowest BCUT2D eigenvalue weighted by Crippen LogP contribution is -2.30. The average Bonchev–Trinajstić information content (AvgIpc) is 2.40. The molecule has 0 aromatic heterocycles. The van der Waals surface area contributed by atoms with Crippen LogP contribution in [-0.4, -0.2) is 0 Å². The van der Waals surface area contributed by atoms with Crippen LogP contribution >= 0.6 is 23.2 Å². The van der Waals surface area contributed by atoms with Crippen molar-refractivity contribution in [1.29, 1.82) is 0 Å². The van der Waals surface area contributed by atoms with Gasteiger partial charge in [-0.2, -0.15) is 0 Å². The Balaban J connectivity index is 2.28. The lowest BCUT2D eigenvalue weighted by molar-refractivity contribution is 0.549. The standard InChI is InChI=1S/C15H16Cl2N2/c1-10-13(6-3-7-14(10)17)15(19-18)9-11-4-2-5-12(16)8-11/h2-8,15,19H,9,18H2,1H3. The van der Waals surface area contributed by atoms with Gasteiger partial charge in [-0.1, -0.05) is 47.5 Å². The largest absolute Gasteiger partial charge is 0.271 e. The molecule has 0 aliphatic heterocycles. The number of hydrogen-bond donors (Lipinski definition) is 2. The Morgan fingerprint density at radius 1 is 1.16 bits per heavy atom. The van der Waals surface area contributed by atoms with E-state index in [4.69, 9.17) is 29.0 Å². The first-order valence-electron chi connectivity index (χ1n) is 6.07. The Kier molecular flexibility index (Phi) is 4.83. The minimum absolute atomic E-state index is 0.0113. The van der Waals surface area contributed by atoms with Crippen LogP contribution in [0.3, 0.4) is 0 Å². The monoisotopic (exact) mass is 294 g/mol. The van der Waals surface area contributed by atoms with Crippen molar-refractivity contribution < 1.29 is 0 Å². The van der Waals surface area contributed by atoms with Crippen LogP contribution in [0.4, 0.5) is 0 Å². The zero-order valence-corrected chi connectivity index (χ0v) is 12.2. The van der Waals surface area contributed by atoms with E-state index in [1.54, 1.807) is 0 Å². The van der Waals surface area contributed by atoms with Gasteiger partial charge in [0.05, 0.1) is 6.04 Å². The van der Waals surface area contributed by atoms with Gasteiger partial charge in [-0.05, 0) is 48.2 Å². The topological polar surface area (TPSA) is 38.0 Å². The lowest BCUT2D eigenvalue weighted by Gasteiger charge is -2.19. The Hall–Kier alpha value is -1.06. The number of halogens is 2. The average molecular weight is 295 g/mol. The van der Waals surface area contributed by atoms with Crippen molar-refractivity contribution in [2.24, 2.45) is 5.84 Å². The molecule has 2 rings (SSSR count). The van der Waals surface area contributed by atoms with E-state index in [1.165, 1.54) is 0 Å². The smallest absolute Gasteiger partial charge is 0.0503 e. The number of rotatable bonds is 4. The van der Waals surface area contributed by atoms with Gasteiger partial charge in [0.25, 0.3) is 0 Å². The van der Waals surface area contributed by atoms with E-state index < -0.39 is 0 Å². The van der Waals surface area contributed by atoms with Gasteiger partial charge in [-0.3, -0.25) is 11.3 Å². The molecular formula is C15H16Cl2N2. The minimum Gasteiger partial charge on any atom is -0.271 e. The fraction of sp³-hybridized carbons (Fsp3) is 0.200. The number of nitrogens with one attached hydrogen (secondary N) is 1. The maximum absolute atomic E-state index is 6.15. The van der Waals surface area contributed by atoms with E-state index in [0.717, 1.165) is 33.2 Å². The van der Waals surface area contributed by atoms with Crippen molar-refractivity contribution in [2.75, 3.05) is 0 Å². The molecule has 0 spiro atoms. The highest BCUT2D eigenvalue weighted by Crippen LogP contribution is 2.26. The van der Waals surface area contributed by atoms with E-state index in [9.17, 15) is 0 Å². The maximum atomic E-state index is 6.15. The van der Waals surface area contributed by atoms with Gasteiger partial charge in [-0.15, -0.1) is 0 Å². The molecule has 0 bridgehead atoms. The summed E-state index contributed by atoms with van der Waals surface area (Å²) in [6.45, 7) is 2.00. The van der Waals surface area contributed by atoms with E-state index in [1.807, 2.05) is 49.4 Å². The van der Waals surface area contributed by atoms with Crippen LogP contribution in [0.15, 0.2) is 42.5 Å². The van der Waals surface area contributed by atoms with Gasteiger partial charge >= 0.3 is 0 Å². The van der Waals surface area contributed by atoms with E-state index in [0.29, 0.717) is 0 Å². The van der Waals surface area contributed by atoms with Crippen molar-refractivity contribution >= 4 is 23.2 Å². The van der Waals surface area contributed by atoms with E-state index in [-0.39, 0.29) is 6.04 Å². The third kappa shape index (κ3) is 3.48. The fourth-order valence-electron chi connectivity index (χ4n) is 2.16. The second-order valence-electron chi connectivity index (χ2n) is 4.51. The normalized spacial score (nSPS) is 12.4. The van der Waals surface area contributed by atoms with Gasteiger partial charge in [0.2, 0.25) is 0 Å². The van der Waals surface area contributed by atoms with Crippen molar-refractivity contribution in [1.82, 2.24) is 5.43 Å². The summed E-state index contributed by atoms with van der Waals surface area (Å²) in [4.78, 5) is 0. The molecule has 2 nitrogen and oxygen atoms in total. The Morgan fingerprint density at radius 2 is 1.89 bits per heavy atom. The number of nitrogens with two attached hydrogens (primary N) is 1. The van der Waals surface area contributed by atoms with Gasteiger partial charge in [0.1, 0.15) is 0 Å². The van der Waals surface area contributed by atoms with Crippen molar-refractivity contribution in [3.8, 4) is 0 Å². The fourth-order valence-corrected chi connectivity index (χ4v) is 2.55. The first-order chi connectivity index (χ1) is 9.11. The second kappa shape index (κ2) is 6.40. The van der Waals surface area contributed by atoms with Crippen LogP contribution in [0.25, 0.3) is 0 Å². The van der Waals surface area contributed by atoms with Crippen molar-refractivity contribution in [3.63, 3.8) is 0 Å². The molecule has 0 amide bonds. The SMILES string of the molecule is Cc1c(Cl)cccc1C(Cc1cccc(Cl)c1)NN. The summed E-state index contributed by atoms with van der Waals surface area (Å²) in [5, 5.41) is 1.49. The van der Waals surface area contributed by atoms with Gasteiger partial charge in [-0.25, -0.2) is 0 Å². The third-order valence-electron chi connectivity index (χ3n) is 3.22. The highest BCUT2D eigenvalue weighted by molar-refractivity contribution is 6.31. The third-order valence-corrected chi connectivity index (χ3v) is 3.86. The molecule has 0 radical (unpaired) electrons. The summed E-state index contributed by atoms with van der Waals surface area (Å²) in [5.41, 5.74) is 6.14. The van der Waals surface area contributed by atoms with Gasteiger partial charge in [0, 0.05) is 10.0 Å². The molecule has 4 heteroatoms. The Bertz CT molecular complexity index is 570. The molecule has 0 saturated carbocycles. The summed E-state index contributed by atoms with van der Waals surface area (Å²) < 4.78 is 0. The van der Waals surface area contributed by atoms with E-state index in [2.05, 4.69) is 5.43 Å². The zero-order valence-electron chi connectivity index (χ0n) is 10.7. The number of hydrogen-bond acceptors (Lipinski definition) is 2. The molecule has 0 fully saturated rings. The lowest BCUT2D eigenvalue weighted by atomic mass is 9.96. The second-order valence-corrected chi connectivity index (χ2v) is 5.35. The summed E-state index contributed by atoms with van der Waals surface area (Å²) in [5.74, 6) is 5.68. The zero-order chi connectivity index (χ0) is 13.8. The van der Waals surface area contributed by atoms with Crippen molar-refractivity contribution in [2.45, 2.75) is 19.4 Å². The minimum atomic E-state index is 0.0113. The quantitative estimate of drug-likeness (QED) is 0.659. The molecule has 0 aliphatic carbocycles. The highest BCUT2D eigenvalue weighted by atomic mass is 35.5. The maximum Gasteiger partial charge on any atom is 0.0503 e. The summed E-state index contributed by atoms with van der Waals surface area (Å²) >= 11 is 12.2. The molecule has 19 heavy (non-hydrogen) atoms. The van der Waals surface area contributed by atoms with Crippen molar-refractivity contribution in [3.05, 3.63) is 69.2 Å². The molecule has 100 valence electrons. The molecule has 0 saturated heterocycles. The highest BCUT2D eigenvalue weighted by Gasteiger charge is 2.14. The molecule has 2 aromatic carbocycles. The molecule has 2 aromatic rings. The predicted octanol–water partition coefficient (Wildman–Crippen LogP) is 4.05. The number of hydrazine groups is 1. The molecule has 0 heterocycles. The van der Waals surface area contributed by atoms with Crippen LogP contribution in [0.1, 0.15) is 22.7 Å². The van der Waals surface area contributed by atoms with E-state index >= 15 is 0 Å². The molecular weight excluding hydrogens is 279 g/mol. The van der Waals surface area contributed by atoms with Gasteiger partial charge in [0.15, 0.2) is 0 Å². The summed E-state index contributed by atoms with van der Waals surface area (Å²) in [6.07, 6.45) is 0.762. The molecule has 1 unspecified atom stereocenters. The van der Waals surface area contributed by atoms with Crippen LogP contribution in [0.2, 0.25) is 10.0 Å². The number of benzene rings is 2. The summed E-state index contributed by atoms with van der Waals surface area (Å²) in [7, 11) is 0. The van der Waals surface area contributed by atoms with Crippen LogP contribution in [0.5, 0.6) is 0 Å². The Morgan fingerprint density at radius 3 is 2.58 bits per heavy atom. The van der Waals surface area contributed by atoms with Crippen LogP contribution < -0.4 is 11.3 Å². The molecule has 0 aliphatic rings. The molecule has 1 atom stereocenters. The first-order valence-corrected chi connectivity index (χ1v) is 6.83. The first kappa shape index (κ1) is 14.4.